The number of hydrogen-bond acceptors (Lipinski definition) is 7. The molecule has 1 aromatic carbocycles. The molecular formula is C25H31ClN6O3. The zero-order valence-corrected chi connectivity index (χ0v) is 21.0. The topological polar surface area (TPSA) is 111 Å². The van der Waals surface area contributed by atoms with Gasteiger partial charge in [-0.05, 0) is 37.5 Å². The Bertz CT molecular complexity index is 1150. The third-order valence-corrected chi connectivity index (χ3v) is 7.65. The summed E-state index contributed by atoms with van der Waals surface area (Å²) in [6.07, 6.45) is 3.17. The maximum Gasteiger partial charge on any atom is 0.261 e. The first kappa shape index (κ1) is 24.0. The van der Waals surface area contributed by atoms with Crippen LogP contribution in [0.3, 0.4) is 0 Å². The van der Waals surface area contributed by atoms with E-state index in [1.165, 1.54) is 6.33 Å². The Hall–Kier alpha value is -2.75. The zero-order chi connectivity index (χ0) is 25.0. The van der Waals surface area contributed by atoms with Crippen LogP contribution in [-0.4, -0.2) is 69.5 Å². The van der Waals surface area contributed by atoms with E-state index in [9.17, 15) is 14.7 Å². The van der Waals surface area contributed by atoms with Gasteiger partial charge in [0.15, 0.2) is 5.60 Å². The third kappa shape index (κ3) is 4.15. The minimum atomic E-state index is -1.71. The molecule has 3 heterocycles. The number of amides is 2. The molecule has 5 rings (SSSR count). The van der Waals surface area contributed by atoms with E-state index in [1.807, 2.05) is 25.7 Å². The molecule has 1 unspecified atom stereocenters. The van der Waals surface area contributed by atoms with Gasteiger partial charge in [-0.3, -0.25) is 9.59 Å². The van der Waals surface area contributed by atoms with Crippen molar-refractivity contribution in [3.05, 3.63) is 46.7 Å². The number of rotatable bonds is 6. The summed E-state index contributed by atoms with van der Waals surface area (Å²) in [5.41, 5.74) is -0.754. The summed E-state index contributed by atoms with van der Waals surface area (Å²) in [6, 6.07) is 6.93. The highest BCUT2D eigenvalue weighted by molar-refractivity contribution is 6.30. The monoisotopic (exact) mass is 498 g/mol. The van der Waals surface area contributed by atoms with E-state index in [0.29, 0.717) is 36.0 Å². The maximum atomic E-state index is 14.0. The van der Waals surface area contributed by atoms with Gasteiger partial charge >= 0.3 is 0 Å². The van der Waals surface area contributed by atoms with Crippen LogP contribution < -0.4 is 15.5 Å². The Morgan fingerprint density at radius 3 is 2.66 bits per heavy atom. The second kappa shape index (κ2) is 8.72. The van der Waals surface area contributed by atoms with E-state index in [0.717, 1.165) is 24.2 Å². The molecule has 0 radical (unpaired) electrons. The molecule has 1 aliphatic carbocycles. The molecule has 2 amide bonds. The number of fused-ring (bicyclic) bond motifs is 1. The summed E-state index contributed by atoms with van der Waals surface area (Å²) in [5, 5.41) is 18.4. The fourth-order valence-corrected chi connectivity index (χ4v) is 5.27. The average Bonchev–Trinajstić information content (AvgIpc) is 3.53. The van der Waals surface area contributed by atoms with Crippen LogP contribution in [0.4, 0.5) is 11.6 Å². The van der Waals surface area contributed by atoms with E-state index in [4.69, 9.17) is 11.6 Å². The minimum absolute atomic E-state index is 0.0811. The standard InChI is InChI=1S/C25H31ClN6O3/c1-15(2)27-12-25(35,17-4-6-18(26)7-5-17)23(34)32-11-10-31(13-24(32)8-9-24)21-19-16(3)22(33)30-20(19)28-14-29-21/h4-7,14-16,27,35H,8-13H2,1-3H3,(H,28,29,30,33)/t16?,25-/m0/s1. The lowest BCUT2D eigenvalue weighted by Crippen LogP contribution is -2.63. The molecular weight excluding hydrogens is 468 g/mol. The van der Waals surface area contributed by atoms with Crippen molar-refractivity contribution in [1.82, 2.24) is 20.2 Å². The van der Waals surface area contributed by atoms with Gasteiger partial charge in [0.1, 0.15) is 18.0 Å². The van der Waals surface area contributed by atoms with Crippen molar-refractivity contribution in [1.29, 1.82) is 0 Å². The second-order valence-corrected chi connectivity index (χ2v) is 10.6. The van der Waals surface area contributed by atoms with Crippen LogP contribution in [-0.2, 0) is 15.2 Å². The van der Waals surface area contributed by atoms with Crippen molar-refractivity contribution >= 4 is 35.1 Å². The number of aliphatic hydroxyl groups is 1. The summed E-state index contributed by atoms with van der Waals surface area (Å²) in [7, 11) is 0. The second-order valence-electron chi connectivity index (χ2n) is 10.2. The van der Waals surface area contributed by atoms with E-state index >= 15 is 0 Å². The number of nitrogens with one attached hydrogen (secondary N) is 2. The average molecular weight is 499 g/mol. The summed E-state index contributed by atoms with van der Waals surface area (Å²) >= 11 is 6.07. The van der Waals surface area contributed by atoms with Gasteiger partial charge in [0.25, 0.3) is 5.91 Å². The zero-order valence-electron chi connectivity index (χ0n) is 20.2. The fourth-order valence-electron chi connectivity index (χ4n) is 5.14. The maximum absolute atomic E-state index is 14.0. The minimum Gasteiger partial charge on any atom is -0.374 e. The van der Waals surface area contributed by atoms with Crippen LogP contribution in [0.25, 0.3) is 0 Å². The summed E-state index contributed by atoms with van der Waals surface area (Å²) in [6.45, 7) is 7.51. The van der Waals surface area contributed by atoms with Gasteiger partial charge in [-0.15, -0.1) is 0 Å². The van der Waals surface area contributed by atoms with Gasteiger partial charge in [-0.1, -0.05) is 37.6 Å². The quantitative estimate of drug-likeness (QED) is 0.560. The molecule has 1 aromatic heterocycles. The molecule has 2 aromatic rings. The highest BCUT2D eigenvalue weighted by Gasteiger charge is 2.57. The van der Waals surface area contributed by atoms with Crippen LogP contribution in [0.1, 0.15) is 50.7 Å². The van der Waals surface area contributed by atoms with E-state index in [1.54, 1.807) is 24.3 Å². The molecule has 0 bridgehead atoms. The fraction of sp³-hybridized carbons (Fsp3) is 0.520. The highest BCUT2D eigenvalue weighted by Crippen LogP contribution is 2.48. The van der Waals surface area contributed by atoms with Crippen molar-refractivity contribution in [2.24, 2.45) is 0 Å². The number of carbonyl (C=O) groups is 2. The number of anilines is 2. The molecule has 1 saturated carbocycles. The summed E-state index contributed by atoms with van der Waals surface area (Å²) in [5.74, 6) is 0.597. The SMILES string of the molecule is CC(C)NC[C@@](O)(C(=O)N1CCN(c2ncnc3c2C(C)C(=O)N3)CC12CC2)c1ccc(Cl)cc1. The Morgan fingerprint density at radius 2 is 2.00 bits per heavy atom. The van der Waals surface area contributed by atoms with Gasteiger partial charge < -0.3 is 25.5 Å². The number of carbonyl (C=O) groups excluding carboxylic acids is 2. The molecule has 3 N–H and O–H groups in total. The molecule has 1 spiro atoms. The summed E-state index contributed by atoms with van der Waals surface area (Å²) in [4.78, 5) is 39.0. The van der Waals surface area contributed by atoms with E-state index < -0.39 is 5.60 Å². The lowest BCUT2D eigenvalue weighted by molar-refractivity contribution is -0.156. The number of benzene rings is 1. The van der Waals surface area contributed by atoms with Crippen LogP contribution in [0.15, 0.2) is 30.6 Å². The van der Waals surface area contributed by atoms with Crippen molar-refractivity contribution < 1.29 is 14.7 Å². The number of piperazine rings is 1. The summed E-state index contributed by atoms with van der Waals surface area (Å²) < 4.78 is 0. The molecule has 2 atom stereocenters. The molecule has 35 heavy (non-hydrogen) atoms. The molecule has 1 saturated heterocycles. The molecule has 186 valence electrons. The number of nitrogens with zero attached hydrogens (tertiary/aromatic N) is 4. The molecule has 10 heteroatoms. The predicted molar refractivity (Wildman–Crippen MR) is 133 cm³/mol. The van der Waals surface area contributed by atoms with Crippen LogP contribution in [0.2, 0.25) is 5.02 Å². The van der Waals surface area contributed by atoms with Crippen molar-refractivity contribution in [3.63, 3.8) is 0 Å². The third-order valence-electron chi connectivity index (χ3n) is 7.40. The molecule has 3 aliphatic rings. The first-order chi connectivity index (χ1) is 16.6. The molecule has 2 aliphatic heterocycles. The number of aromatic nitrogens is 2. The Balaban J connectivity index is 1.42. The number of hydrogen-bond donors (Lipinski definition) is 3. The van der Waals surface area contributed by atoms with Crippen LogP contribution in [0.5, 0.6) is 0 Å². The van der Waals surface area contributed by atoms with Crippen molar-refractivity contribution in [3.8, 4) is 0 Å². The molecule has 2 fully saturated rings. The Kier molecular flexibility index (Phi) is 5.97. The van der Waals surface area contributed by atoms with Gasteiger partial charge in [0.05, 0.1) is 11.5 Å². The normalized spacial score (nSPS) is 22.2. The lowest BCUT2D eigenvalue weighted by atomic mass is 9.90. The molecule has 9 nitrogen and oxygen atoms in total. The Morgan fingerprint density at radius 1 is 1.29 bits per heavy atom. The van der Waals surface area contributed by atoms with Gasteiger partial charge in [0.2, 0.25) is 5.91 Å². The first-order valence-corrected chi connectivity index (χ1v) is 12.5. The first-order valence-electron chi connectivity index (χ1n) is 12.1. The van der Waals surface area contributed by atoms with Gasteiger partial charge in [-0.25, -0.2) is 9.97 Å². The predicted octanol–water partition coefficient (Wildman–Crippen LogP) is 2.25. The van der Waals surface area contributed by atoms with Crippen molar-refractivity contribution in [2.45, 2.75) is 56.7 Å². The van der Waals surface area contributed by atoms with E-state index in [2.05, 4.69) is 25.5 Å². The highest BCUT2D eigenvalue weighted by atomic mass is 35.5. The lowest BCUT2D eigenvalue weighted by Gasteiger charge is -2.46. The van der Waals surface area contributed by atoms with Crippen molar-refractivity contribution in [2.75, 3.05) is 36.4 Å². The van der Waals surface area contributed by atoms with Gasteiger partial charge in [-0.2, -0.15) is 0 Å². The van der Waals surface area contributed by atoms with Crippen LogP contribution in [0, 0.1) is 0 Å². The van der Waals surface area contributed by atoms with Crippen LogP contribution >= 0.6 is 11.6 Å². The van der Waals surface area contributed by atoms with Gasteiger partial charge in [0, 0.05) is 42.8 Å². The smallest absolute Gasteiger partial charge is 0.261 e. The number of halogens is 1. The van der Waals surface area contributed by atoms with E-state index in [-0.39, 0.29) is 35.9 Å². The largest absolute Gasteiger partial charge is 0.374 e. The Labute approximate surface area is 209 Å².